The van der Waals surface area contributed by atoms with Crippen molar-refractivity contribution in [2.24, 2.45) is 5.92 Å². The lowest BCUT2D eigenvalue weighted by Gasteiger charge is -2.32. The first-order chi connectivity index (χ1) is 9.76. The first kappa shape index (κ1) is 15.2. The minimum Gasteiger partial charge on any atom is -0.354 e. The van der Waals surface area contributed by atoms with Gasteiger partial charge >= 0.3 is 0 Å². The highest BCUT2D eigenvalue weighted by Crippen LogP contribution is 2.29. The Morgan fingerprint density at radius 2 is 2.20 bits per heavy atom. The standard InChI is InChI=1S/C16H26FN3/c1-3-9-18-11-14-8-10-19-16(15(14)17)20(4-2)12-13-6-5-7-13/h8,10,13,18H,3-7,9,11-12H2,1-2H3. The molecule has 2 rings (SSSR count). The van der Waals surface area contributed by atoms with Crippen molar-refractivity contribution >= 4 is 5.82 Å². The number of aromatic nitrogens is 1. The minimum atomic E-state index is -0.155. The van der Waals surface area contributed by atoms with E-state index < -0.39 is 0 Å². The summed E-state index contributed by atoms with van der Waals surface area (Å²) in [4.78, 5) is 6.36. The molecule has 1 aliphatic rings. The summed E-state index contributed by atoms with van der Waals surface area (Å²) in [7, 11) is 0. The lowest BCUT2D eigenvalue weighted by Crippen LogP contribution is -2.34. The third-order valence-corrected chi connectivity index (χ3v) is 4.08. The number of halogens is 1. The average molecular weight is 279 g/mol. The van der Waals surface area contributed by atoms with Crippen LogP contribution in [0.4, 0.5) is 10.2 Å². The van der Waals surface area contributed by atoms with Crippen LogP contribution in [0.1, 0.15) is 45.1 Å². The predicted octanol–water partition coefficient (Wildman–Crippen LogP) is 3.35. The quantitative estimate of drug-likeness (QED) is 0.740. The van der Waals surface area contributed by atoms with Gasteiger partial charge in [-0.25, -0.2) is 9.37 Å². The molecule has 1 fully saturated rings. The van der Waals surface area contributed by atoms with Crippen LogP contribution in [0.2, 0.25) is 0 Å². The average Bonchev–Trinajstić information content (AvgIpc) is 2.41. The largest absolute Gasteiger partial charge is 0.354 e. The maximum Gasteiger partial charge on any atom is 0.170 e. The monoisotopic (exact) mass is 279 g/mol. The van der Waals surface area contributed by atoms with Crippen LogP contribution in [-0.2, 0) is 6.54 Å². The predicted molar refractivity (Wildman–Crippen MR) is 81.4 cm³/mol. The van der Waals surface area contributed by atoms with Crippen LogP contribution in [0, 0.1) is 11.7 Å². The summed E-state index contributed by atoms with van der Waals surface area (Å²) in [5.74, 6) is 1.09. The smallest absolute Gasteiger partial charge is 0.170 e. The number of nitrogens with one attached hydrogen (secondary N) is 1. The van der Waals surface area contributed by atoms with Crippen LogP contribution in [0.3, 0.4) is 0 Å². The lowest BCUT2D eigenvalue weighted by atomic mass is 9.85. The number of pyridine rings is 1. The van der Waals surface area contributed by atoms with Gasteiger partial charge in [0.1, 0.15) is 0 Å². The van der Waals surface area contributed by atoms with E-state index in [4.69, 9.17) is 0 Å². The molecule has 1 heterocycles. The zero-order valence-corrected chi connectivity index (χ0v) is 12.7. The Bertz CT molecular complexity index is 418. The van der Waals surface area contributed by atoms with Gasteiger partial charge in [-0.3, -0.25) is 0 Å². The summed E-state index contributed by atoms with van der Waals surface area (Å²) >= 11 is 0. The molecule has 1 aliphatic carbocycles. The van der Waals surface area contributed by atoms with E-state index in [0.29, 0.717) is 12.4 Å². The van der Waals surface area contributed by atoms with Crippen LogP contribution in [0.15, 0.2) is 12.3 Å². The van der Waals surface area contributed by atoms with Crippen molar-refractivity contribution in [1.29, 1.82) is 0 Å². The fourth-order valence-corrected chi connectivity index (χ4v) is 2.58. The van der Waals surface area contributed by atoms with Crippen LogP contribution < -0.4 is 10.2 Å². The van der Waals surface area contributed by atoms with Gasteiger partial charge < -0.3 is 10.2 Å². The summed E-state index contributed by atoms with van der Waals surface area (Å²) in [5, 5.41) is 3.25. The Kier molecular flexibility index (Phi) is 5.77. The van der Waals surface area contributed by atoms with E-state index in [1.165, 1.54) is 19.3 Å². The van der Waals surface area contributed by atoms with E-state index in [2.05, 4.69) is 29.0 Å². The molecule has 0 spiro atoms. The summed E-state index contributed by atoms with van der Waals surface area (Å²) in [6.07, 6.45) is 6.65. The van der Waals surface area contributed by atoms with Gasteiger partial charge in [-0.1, -0.05) is 13.3 Å². The molecular formula is C16H26FN3. The van der Waals surface area contributed by atoms with Crippen molar-refractivity contribution in [3.8, 4) is 0 Å². The van der Waals surface area contributed by atoms with Gasteiger partial charge in [0.25, 0.3) is 0 Å². The van der Waals surface area contributed by atoms with E-state index in [-0.39, 0.29) is 5.82 Å². The van der Waals surface area contributed by atoms with Crippen molar-refractivity contribution in [3.63, 3.8) is 0 Å². The summed E-state index contributed by atoms with van der Waals surface area (Å²) in [6.45, 7) is 7.42. The van der Waals surface area contributed by atoms with E-state index in [1.807, 2.05) is 0 Å². The fraction of sp³-hybridized carbons (Fsp3) is 0.688. The van der Waals surface area contributed by atoms with Crippen molar-refractivity contribution in [2.45, 2.75) is 46.1 Å². The third kappa shape index (κ3) is 3.69. The maximum absolute atomic E-state index is 14.6. The molecule has 1 saturated carbocycles. The van der Waals surface area contributed by atoms with Gasteiger partial charge in [-0.15, -0.1) is 0 Å². The number of anilines is 1. The summed E-state index contributed by atoms with van der Waals surface area (Å²) < 4.78 is 14.6. The lowest BCUT2D eigenvalue weighted by molar-refractivity contribution is 0.317. The van der Waals surface area contributed by atoms with Crippen molar-refractivity contribution in [3.05, 3.63) is 23.6 Å². The van der Waals surface area contributed by atoms with Gasteiger partial charge in [0, 0.05) is 31.4 Å². The topological polar surface area (TPSA) is 28.2 Å². The molecule has 0 unspecified atom stereocenters. The molecule has 4 heteroatoms. The molecule has 1 aromatic rings. The SMILES string of the molecule is CCCNCc1ccnc(N(CC)CC2CCC2)c1F. The van der Waals surface area contributed by atoms with Gasteiger partial charge in [-0.2, -0.15) is 0 Å². The van der Waals surface area contributed by atoms with Crippen LogP contribution in [0.5, 0.6) is 0 Å². The molecule has 3 nitrogen and oxygen atoms in total. The second kappa shape index (κ2) is 7.58. The highest BCUT2D eigenvalue weighted by atomic mass is 19.1. The van der Waals surface area contributed by atoms with E-state index >= 15 is 0 Å². The van der Waals surface area contributed by atoms with E-state index in [1.54, 1.807) is 12.3 Å². The second-order valence-corrected chi connectivity index (χ2v) is 5.62. The molecule has 0 aliphatic heterocycles. The maximum atomic E-state index is 14.6. The van der Waals surface area contributed by atoms with Crippen LogP contribution in [-0.4, -0.2) is 24.6 Å². The van der Waals surface area contributed by atoms with Crippen molar-refractivity contribution in [1.82, 2.24) is 10.3 Å². The van der Waals surface area contributed by atoms with E-state index in [9.17, 15) is 4.39 Å². The number of hydrogen-bond acceptors (Lipinski definition) is 3. The molecule has 0 radical (unpaired) electrons. The van der Waals surface area contributed by atoms with Gasteiger partial charge in [0.2, 0.25) is 0 Å². The number of rotatable bonds is 8. The molecular weight excluding hydrogens is 253 g/mol. The number of hydrogen-bond donors (Lipinski definition) is 1. The Balaban J connectivity index is 2.06. The normalized spacial score (nSPS) is 15.2. The Hall–Kier alpha value is -1.16. The first-order valence-corrected chi connectivity index (χ1v) is 7.85. The Morgan fingerprint density at radius 1 is 1.40 bits per heavy atom. The molecule has 0 saturated heterocycles. The molecule has 0 aromatic carbocycles. The third-order valence-electron chi connectivity index (χ3n) is 4.08. The fourth-order valence-electron chi connectivity index (χ4n) is 2.58. The minimum absolute atomic E-state index is 0.155. The zero-order chi connectivity index (χ0) is 14.4. The zero-order valence-electron chi connectivity index (χ0n) is 12.7. The molecule has 1 aromatic heterocycles. The molecule has 1 N–H and O–H groups in total. The molecule has 0 atom stereocenters. The number of nitrogens with zero attached hydrogens (tertiary/aromatic N) is 2. The molecule has 0 bridgehead atoms. The molecule has 0 amide bonds. The van der Waals surface area contributed by atoms with Gasteiger partial charge in [0.15, 0.2) is 11.6 Å². The molecule has 20 heavy (non-hydrogen) atoms. The first-order valence-electron chi connectivity index (χ1n) is 7.85. The highest BCUT2D eigenvalue weighted by Gasteiger charge is 2.23. The summed E-state index contributed by atoms with van der Waals surface area (Å²) in [5.41, 5.74) is 0.718. The van der Waals surface area contributed by atoms with Crippen LogP contribution >= 0.6 is 0 Å². The second-order valence-electron chi connectivity index (χ2n) is 5.62. The highest BCUT2D eigenvalue weighted by molar-refractivity contribution is 5.43. The van der Waals surface area contributed by atoms with Crippen molar-refractivity contribution in [2.75, 3.05) is 24.5 Å². The Morgan fingerprint density at radius 3 is 2.80 bits per heavy atom. The van der Waals surface area contributed by atoms with Crippen LogP contribution in [0.25, 0.3) is 0 Å². The summed E-state index contributed by atoms with van der Waals surface area (Å²) in [6, 6.07) is 1.78. The molecule has 112 valence electrons. The van der Waals surface area contributed by atoms with Gasteiger partial charge in [-0.05, 0) is 44.7 Å². The van der Waals surface area contributed by atoms with E-state index in [0.717, 1.165) is 37.5 Å². The van der Waals surface area contributed by atoms with Crippen molar-refractivity contribution < 1.29 is 4.39 Å². The Labute approximate surface area is 121 Å². The van der Waals surface area contributed by atoms with Gasteiger partial charge in [0.05, 0.1) is 0 Å².